The Morgan fingerprint density at radius 3 is 2.42 bits per heavy atom. The number of nitrogens with one attached hydrogen (secondary N) is 1. The number of para-hydroxylation sites is 1. The molecule has 98 valence electrons. The number of anilines is 1. The van der Waals surface area contributed by atoms with Crippen molar-refractivity contribution in [1.29, 1.82) is 0 Å². The number of benzene rings is 2. The lowest BCUT2D eigenvalue weighted by atomic mass is 10.0. The van der Waals surface area contributed by atoms with Gasteiger partial charge in [0.2, 0.25) is 0 Å². The van der Waals surface area contributed by atoms with Crippen molar-refractivity contribution in [3.05, 3.63) is 65.2 Å². The van der Waals surface area contributed by atoms with Gasteiger partial charge >= 0.3 is 5.97 Å². The first-order valence-corrected chi connectivity index (χ1v) is 6.24. The van der Waals surface area contributed by atoms with E-state index in [9.17, 15) is 4.79 Å². The zero-order valence-corrected chi connectivity index (χ0v) is 11.1. The zero-order valence-electron chi connectivity index (χ0n) is 11.1. The van der Waals surface area contributed by atoms with Crippen molar-refractivity contribution in [1.82, 2.24) is 0 Å². The Hall–Kier alpha value is -2.29. The Kier molecular flexibility index (Phi) is 3.85. The number of hydrogen-bond acceptors (Lipinski definition) is 2. The zero-order chi connectivity index (χ0) is 13.8. The highest BCUT2D eigenvalue weighted by molar-refractivity contribution is 5.94. The Morgan fingerprint density at radius 1 is 1.11 bits per heavy atom. The minimum absolute atomic E-state index is 0.0571. The fraction of sp³-hybridized carbons (Fsp3) is 0.188. The van der Waals surface area contributed by atoms with Gasteiger partial charge in [0.05, 0.1) is 5.56 Å². The average molecular weight is 255 g/mol. The van der Waals surface area contributed by atoms with Gasteiger partial charge in [0.1, 0.15) is 0 Å². The molecule has 0 saturated heterocycles. The lowest BCUT2D eigenvalue weighted by molar-refractivity contribution is 0.0698. The quantitative estimate of drug-likeness (QED) is 0.872. The summed E-state index contributed by atoms with van der Waals surface area (Å²) in [5.41, 5.74) is 3.30. The molecule has 0 spiro atoms. The molecule has 1 atom stereocenters. The summed E-state index contributed by atoms with van der Waals surface area (Å²) in [6.45, 7) is 4.08. The Balaban J connectivity index is 2.27. The van der Waals surface area contributed by atoms with Crippen molar-refractivity contribution in [3.63, 3.8) is 0 Å². The number of carboxylic acid groups (broad SMARTS) is 1. The number of aryl methyl sites for hydroxylation is 1. The summed E-state index contributed by atoms with van der Waals surface area (Å²) in [4.78, 5) is 11.2. The Labute approximate surface area is 112 Å². The third kappa shape index (κ3) is 2.94. The Bertz CT molecular complexity index is 593. The van der Waals surface area contributed by atoms with Gasteiger partial charge in [0, 0.05) is 11.7 Å². The van der Waals surface area contributed by atoms with Gasteiger partial charge in [-0.1, -0.05) is 36.4 Å². The van der Waals surface area contributed by atoms with Gasteiger partial charge in [0.15, 0.2) is 0 Å². The summed E-state index contributed by atoms with van der Waals surface area (Å²) < 4.78 is 0. The first kappa shape index (κ1) is 13.1. The molecule has 19 heavy (non-hydrogen) atoms. The van der Waals surface area contributed by atoms with E-state index in [2.05, 4.69) is 24.4 Å². The summed E-state index contributed by atoms with van der Waals surface area (Å²) in [5, 5.41) is 12.4. The van der Waals surface area contributed by atoms with Crippen LogP contribution in [0, 0.1) is 6.92 Å². The fourth-order valence-corrected chi connectivity index (χ4v) is 2.18. The van der Waals surface area contributed by atoms with Crippen LogP contribution < -0.4 is 5.32 Å². The molecular formula is C16H17NO2. The molecule has 3 nitrogen and oxygen atoms in total. The molecule has 0 aromatic heterocycles. The molecule has 0 saturated carbocycles. The van der Waals surface area contributed by atoms with E-state index in [1.165, 1.54) is 11.1 Å². The van der Waals surface area contributed by atoms with Crippen molar-refractivity contribution in [2.24, 2.45) is 0 Å². The highest BCUT2D eigenvalue weighted by atomic mass is 16.4. The third-order valence-corrected chi connectivity index (χ3v) is 3.18. The van der Waals surface area contributed by atoms with Crippen LogP contribution in [-0.4, -0.2) is 11.1 Å². The number of hydrogen-bond donors (Lipinski definition) is 2. The fourth-order valence-electron chi connectivity index (χ4n) is 2.18. The highest BCUT2D eigenvalue weighted by Gasteiger charge is 2.13. The molecule has 2 N–H and O–H groups in total. The number of aromatic carboxylic acids is 1. The first-order chi connectivity index (χ1) is 9.09. The number of carboxylic acids is 1. The van der Waals surface area contributed by atoms with E-state index in [1.54, 1.807) is 18.2 Å². The second-order valence-electron chi connectivity index (χ2n) is 4.57. The van der Waals surface area contributed by atoms with E-state index in [4.69, 9.17) is 5.11 Å². The SMILES string of the molecule is Cc1ccccc1C(C)Nc1ccccc1C(=O)O. The molecule has 3 heteroatoms. The van der Waals surface area contributed by atoms with Gasteiger partial charge in [0.25, 0.3) is 0 Å². The second-order valence-corrected chi connectivity index (χ2v) is 4.57. The highest BCUT2D eigenvalue weighted by Crippen LogP contribution is 2.24. The third-order valence-electron chi connectivity index (χ3n) is 3.18. The van der Waals surface area contributed by atoms with Crippen LogP contribution in [0.5, 0.6) is 0 Å². The van der Waals surface area contributed by atoms with Gasteiger partial charge in [-0.15, -0.1) is 0 Å². The van der Waals surface area contributed by atoms with Crippen LogP contribution in [0.15, 0.2) is 48.5 Å². The molecule has 0 aliphatic rings. The largest absolute Gasteiger partial charge is 0.478 e. The molecule has 2 aromatic carbocycles. The summed E-state index contributed by atoms with van der Waals surface area (Å²) in [6, 6.07) is 15.1. The van der Waals surface area contributed by atoms with Crippen LogP contribution in [-0.2, 0) is 0 Å². The monoisotopic (exact) mass is 255 g/mol. The topological polar surface area (TPSA) is 49.3 Å². The lowest BCUT2D eigenvalue weighted by Crippen LogP contribution is -2.11. The molecule has 0 amide bonds. The molecule has 0 aliphatic carbocycles. The average Bonchev–Trinajstić information content (AvgIpc) is 2.39. The van der Waals surface area contributed by atoms with Crippen molar-refractivity contribution >= 4 is 11.7 Å². The summed E-state index contributed by atoms with van der Waals surface area (Å²) in [6.07, 6.45) is 0. The molecule has 0 bridgehead atoms. The number of carbonyl (C=O) groups is 1. The standard InChI is InChI=1S/C16H17NO2/c1-11-7-3-4-8-13(11)12(2)17-15-10-6-5-9-14(15)16(18)19/h3-10,12,17H,1-2H3,(H,18,19). The van der Waals surface area contributed by atoms with Crippen LogP contribution in [0.3, 0.4) is 0 Å². The van der Waals surface area contributed by atoms with E-state index in [1.807, 2.05) is 25.1 Å². The van der Waals surface area contributed by atoms with Gasteiger partial charge in [-0.3, -0.25) is 0 Å². The van der Waals surface area contributed by atoms with E-state index in [-0.39, 0.29) is 6.04 Å². The van der Waals surface area contributed by atoms with Gasteiger partial charge < -0.3 is 10.4 Å². The summed E-state index contributed by atoms with van der Waals surface area (Å²) in [5.74, 6) is -0.917. The second kappa shape index (κ2) is 5.57. The molecule has 2 aromatic rings. The minimum atomic E-state index is -0.917. The van der Waals surface area contributed by atoms with Crippen molar-refractivity contribution in [3.8, 4) is 0 Å². The molecular weight excluding hydrogens is 238 g/mol. The maximum Gasteiger partial charge on any atom is 0.337 e. The first-order valence-electron chi connectivity index (χ1n) is 6.24. The molecule has 1 unspecified atom stereocenters. The van der Waals surface area contributed by atoms with Crippen molar-refractivity contribution < 1.29 is 9.90 Å². The van der Waals surface area contributed by atoms with Crippen molar-refractivity contribution in [2.45, 2.75) is 19.9 Å². The smallest absolute Gasteiger partial charge is 0.337 e. The maximum absolute atomic E-state index is 11.2. The van der Waals surface area contributed by atoms with Crippen molar-refractivity contribution in [2.75, 3.05) is 5.32 Å². The Morgan fingerprint density at radius 2 is 1.74 bits per heavy atom. The molecule has 0 fully saturated rings. The molecule has 2 rings (SSSR count). The molecule has 0 radical (unpaired) electrons. The molecule has 0 heterocycles. The van der Waals surface area contributed by atoms with Crippen LogP contribution in [0.25, 0.3) is 0 Å². The van der Waals surface area contributed by atoms with Gasteiger partial charge in [-0.25, -0.2) is 4.79 Å². The van der Waals surface area contributed by atoms with E-state index in [0.717, 1.165) is 0 Å². The van der Waals surface area contributed by atoms with Gasteiger partial charge in [-0.05, 0) is 37.1 Å². The van der Waals surface area contributed by atoms with Crippen LogP contribution >= 0.6 is 0 Å². The summed E-state index contributed by atoms with van der Waals surface area (Å²) >= 11 is 0. The summed E-state index contributed by atoms with van der Waals surface area (Å²) in [7, 11) is 0. The van der Waals surface area contributed by atoms with E-state index >= 15 is 0 Å². The van der Waals surface area contributed by atoms with Gasteiger partial charge in [-0.2, -0.15) is 0 Å². The number of rotatable bonds is 4. The van der Waals surface area contributed by atoms with Crippen LogP contribution in [0.2, 0.25) is 0 Å². The normalized spacial score (nSPS) is 11.9. The predicted octanol–water partition coefficient (Wildman–Crippen LogP) is 3.87. The van der Waals surface area contributed by atoms with Crippen LogP contribution in [0.1, 0.15) is 34.5 Å². The van der Waals surface area contributed by atoms with E-state index < -0.39 is 5.97 Å². The lowest BCUT2D eigenvalue weighted by Gasteiger charge is -2.19. The van der Waals surface area contributed by atoms with E-state index in [0.29, 0.717) is 11.3 Å². The predicted molar refractivity (Wildman–Crippen MR) is 76.6 cm³/mol. The molecule has 0 aliphatic heterocycles. The van der Waals surface area contributed by atoms with Crippen LogP contribution in [0.4, 0.5) is 5.69 Å². The maximum atomic E-state index is 11.2. The minimum Gasteiger partial charge on any atom is -0.478 e.